The highest BCUT2D eigenvalue weighted by molar-refractivity contribution is 5.76. The van der Waals surface area contributed by atoms with E-state index in [9.17, 15) is 61.0 Å². The highest BCUT2D eigenvalue weighted by Gasteiger charge is 2.53. The normalized spacial score (nSPS) is 27.4. The molecule has 17 atom stereocenters. The summed E-state index contributed by atoms with van der Waals surface area (Å²) < 4.78 is 34.4. The Balaban J connectivity index is 1.38. The summed E-state index contributed by atoms with van der Waals surface area (Å²) in [5.41, 5.74) is 0. The number of allylic oxidation sites excluding steroid dienone is 7. The molecule has 95 heavy (non-hydrogen) atoms. The van der Waals surface area contributed by atoms with Crippen LogP contribution in [0.3, 0.4) is 0 Å². The SMILES string of the molecule is CCCCCCC/C=C\C/C=C\C/C=C\CCCCCCCCCCCCCCCCCCC(=O)NC(COC1OC(CO)C(OC2OC(CO)C(OC3OC(CO)C(O)C(O)C3O)C(O)C2O)C(O)C1O)C(O)/C=C/CCCCCCCCCCCCCCCCCCC. The van der Waals surface area contributed by atoms with Crippen LogP contribution in [0.2, 0.25) is 0 Å². The van der Waals surface area contributed by atoms with E-state index in [2.05, 4.69) is 55.6 Å². The van der Waals surface area contributed by atoms with Crippen molar-refractivity contribution in [3.05, 3.63) is 48.6 Å². The molecule has 3 fully saturated rings. The van der Waals surface area contributed by atoms with Crippen molar-refractivity contribution in [1.82, 2.24) is 5.32 Å². The number of rotatable bonds is 60. The molecule has 0 aliphatic carbocycles. The maximum Gasteiger partial charge on any atom is 0.220 e. The fourth-order valence-electron chi connectivity index (χ4n) is 12.9. The third-order valence-electron chi connectivity index (χ3n) is 19.1. The van der Waals surface area contributed by atoms with Gasteiger partial charge in [-0.3, -0.25) is 4.79 Å². The molecule has 3 rings (SSSR count). The van der Waals surface area contributed by atoms with E-state index < -0.39 is 124 Å². The number of hydrogen-bond donors (Lipinski definition) is 12. The summed E-state index contributed by atoms with van der Waals surface area (Å²) in [6.45, 7) is 1.75. The van der Waals surface area contributed by atoms with Crippen molar-refractivity contribution < 1.29 is 89.4 Å². The molecule has 19 nitrogen and oxygen atoms in total. The average molecular weight is 1350 g/mol. The van der Waals surface area contributed by atoms with E-state index in [0.717, 1.165) is 57.8 Å². The molecular formula is C76H139NO18. The van der Waals surface area contributed by atoms with Gasteiger partial charge in [0.2, 0.25) is 5.91 Å². The van der Waals surface area contributed by atoms with Crippen molar-refractivity contribution in [1.29, 1.82) is 0 Å². The molecule has 3 heterocycles. The molecule has 3 aliphatic heterocycles. The highest BCUT2D eigenvalue weighted by atomic mass is 16.8. The molecule has 0 bridgehead atoms. The minimum absolute atomic E-state index is 0.244. The second-order valence-corrected chi connectivity index (χ2v) is 27.5. The summed E-state index contributed by atoms with van der Waals surface area (Å²) in [4.78, 5) is 13.5. The monoisotopic (exact) mass is 1350 g/mol. The fraction of sp³-hybridized carbons (Fsp3) is 0.882. The second-order valence-electron chi connectivity index (χ2n) is 27.5. The topological polar surface area (TPSA) is 307 Å². The van der Waals surface area contributed by atoms with Gasteiger partial charge in [-0.1, -0.05) is 281 Å². The zero-order chi connectivity index (χ0) is 68.9. The quantitative estimate of drug-likeness (QED) is 0.0199. The smallest absolute Gasteiger partial charge is 0.220 e. The van der Waals surface area contributed by atoms with Crippen LogP contribution in [0.1, 0.15) is 296 Å². The van der Waals surface area contributed by atoms with Crippen molar-refractivity contribution in [3.8, 4) is 0 Å². The van der Waals surface area contributed by atoms with Gasteiger partial charge in [-0.05, 0) is 57.8 Å². The van der Waals surface area contributed by atoms with Crippen molar-refractivity contribution in [2.75, 3.05) is 26.4 Å². The van der Waals surface area contributed by atoms with Crippen LogP contribution in [-0.2, 0) is 33.2 Å². The standard InChI is InChI=1S/C76H139NO18/c1-3-5-7-9-11-13-15-17-19-21-23-24-25-26-27-28-29-30-31-32-33-34-36-38-40-42-44-46-48-50-52-54-64(82)77-59(60(81)53-51-49-47-45-43-41-39-37-35-22-20-18-16-14-12-10-8-6-4-2)58-90-74-70(88)67(85)72(62(56-79)92-74)95-76-71(89)68(86)73(63(57-80)93-76)94-75-69(87)66(84)65(83)61(55-78)91-75/h15,17,21,23,25-26,51,53,59-63,65-76,78-81,83-89H,3-14,16,18-20,22,24,27-50,52,54-58H2,1-2H3,(H,77,82)/b17-15-,23-21-,26-25-,53-51+. The van der Waals surface area contributed by atoms with Crippen molar-refractivity contribution in [2.45, 2.75) is 401 Å². The molecule has 556 valence electrons. The Morgan fingerprint density at radius 1 is 0.379 bits per heavy atom. The summed E-state index contributed by atoms with van der Waals surface area (Å²) in [7, 11) is 0. The molecule has 19 heteroatoms. The maximum absolute atomic E-state index is 13.5. The van der Waals surface area contributed by atoms with E-state index in [0.29, 0.717) is 6.42 Å². The zero-order valence-corrected chi connectivity index (χ0v) is 59.2. The number of unbranched alkanes of at least 4 members (excludes halogenated alkanes) is 38. The van der Waals surface area contributed by atoms with Crippen LogP contribution in [0.15, 0.2) is 48.6 Å². The van der Waals surface area contributed by atoms with Gasteiger partial charge in [0.15, 0.2) is 18.9 Å². The molecule has 0 aromatic carbocycles. The van der Waals surface area contributed by atoms with E-state index in [1.54, 1.807) is 6.08 Å². The molecule has 0 spiro atoms. The predicted molar refractivity (Wildman–Crippen MR) is 374 cm³/mol. The number of carbonyl (C=O) groups excluding carboxylic acids is 1. The molecule has 0 aromatic rings. The Labute approximate surface area is 573 Å². The van der Waals surface area contributed by atoms with Crippen LogP contribution >= 0.6 is 0 Å². The number of ether oxygens (including phenoxy) is 6. The van der Waals surface area contributed by atoms with Gasteiger partial charge in [-0.2, -0.15) is 0 Å². The maximum atomic E-state index is 13.5. The molecule has 12 N–H and O–H groups in total. The van der Waals surface area contributed by atoms with Crippen molar-refractivity contribution in [3.63, 3.8) is 0 Å². The lowest BCUT2D eigenvalue weighted by molar-refractivity contribution is -0.379. The molecule has 0 saturated carbocycles. The van der Waals surface area contributed by atoms with Crippen molar-refractivity contribution in [2.24, 2.45) is 0 Å². The number of carbonyl (C=O) groups is 1. The predicted octanol–water partition coefficient (Wildman–Crippen LogP) is 11.7. The lowest BCUT2D eigenvalue weighted by Gasteiger charge is -2.48. The number of aliphatic hydroxyl groups is 11. The molecule has 3 saturated heterocycles. The minimum Gasteiger partial charge on any atom is -0.394 e. The van der Waals surface area contributed by atoms with Gasteiger partial charge in [0.1, 0.15) is 73.2 Å². The fourth-order valence-corrected chi connectivity index (χ4v) is 12.9. The summed E-state index contributed by atoms with van der Waals surface area (Å²) >= 11 is 0. The van der Waals surface area contributed by atoms with E-state index in [4.69, 9.17) is 28.4 Å². The molecule has 0 radical (unpaired) electrons. The van der Waals surface area contributed by atoms with Gasteiger partial charge in [0, 0.05) is 6.42 Å². The highest BCUT2D eigenvalue weighted by Crippen LogP contribution is 2.33. The molecule has 1 amide bonds. The molecule has 3 aliphatic rings. The Hall–Kier alpha value is -2.25. The number of aliphatic hydroxyl groups excluding tert-OH is 11. The first-order chi connectivity index (χ1) is 46.3. The van der Waals surface area contributed by atoms with Gasteiger partial charge in [0.05, 0.1) is 38.6 Å². The summed E-state index contributed by atoms with van der Waals surface area (Å²) in [5, 5.41) is 121. The third kappa shape index (κ3) is 38.4. The number of amides is 1. The number of hydrogen-bond acceptors (Lipinski definition) is 18. The average Bonchev–Trinajstić information content (AvgIpc) is 0.787. The Morgan fingerprint density at radius 2 is 0.695 bits per heavy atom. The van der Waals surface area contributed by atoms with E-state index in [1.165, 1.54) is 212 Å². The Bertz CT molecular complexity index is 1910. The summed E-state index contributed by atoms with van der Waals surface area (Å²) in [5.74, 6) is -0.273. The second kappa shape index (κ2) is 57.4. The Morgan fingerprint density at radius 3 is 1.08 bits per heavy atom. The van der Waals surface area contributed by atoms with Crippen LogP contribution in [0, 0.1) is 0 Å². The number of nitrogens with one attached hydrogen (secondary N) is 1. The first-order valence-electron chi connectivity index (χ1n) is 38.4. The lowest BCUT2D eigenvalue weighted by Crippen LogP contribution is -2.66. The van der Waals surface area contributed by atoms with Crippen LogP contribution < -0.4 is 5.32 Å². The van der Waals surface area contributed by atoms with Gasteiger partial charge in [-0.25, -0.2) is 0 Å². The van der Waals surface area contributed by atoms with Gasteiger partial charge in [-0.15, -0.1) is 0 Å². The summed E-state index contributed by atoms with van der Waals surface area (Å²) in [6, 6.07) is -0.974. The Kier molecular flexibility index (Phi) is 52.5. The van der Waals surface area contributed by atoms with Crippen LogP contribution in [0.4, 0.5) is 0 Å². The van der Waals surface area contributed by atoms with Gasteiger partial charge < -0.3 is 89.9 Å². The third-order valence-corrected chi connectivity index (χ3v) is 19.1. The van der Waals surface area contributed by atoms with E-state index >= 15 is 0 Å². The van der Waals surface area contributed by atoms with E-state index in [-0.39, 0.29) is 18.9 Å². The molecule has 17 unspecified atom stereocenters. The van der Waals surface area contributed by atoms with Gasteiger partial charge >= 0.3 is 0 Å². The lowest BCUT2D eigenvalue weighted by atomic mass is 9.96. The molecule has 0 aromatic heterocycles. The zero-order valence-electron chi connectivity index (χ0n) is 59.2. The van der Waals surface area contributed by atoms with Crippen LogP contribution in [-0.4, -0.2) is 193 Å². The molecular weight excluding hydrogens is 1210 g/mol. The first-order valence-corrected chi connectivity index (χ1v) is 38.4. The largest absolute Gasteiger partial charge is 0.394 e. The van der Waals surface area contributed by atoms with Crippen LogP contribution in [0.5, 0.6) is 0 Å². The first kappa shape index (κ1) is 87.0. The van der Waals surface area contributed by atoms with Crippen molar-refractivity contribution >= 4 is 5.91 Å². The van der Waals surface area contributed by atoms with Crippen LogP contribution in [0.25, 0.3) is 0 Å². The minimum atomic E-state index is -1.98. The van der Waals surface area contributed by atoms with Gasteiger partial charge in [0.25, 0.3) is 0 Å². The van der Waals surface area contributed by atoms with E-state index in [1.807, 2.05) is 6.08 Å². The summed E-state index contributed by atoms with van der Waals surface area (Å²) in [6.07, 6.45) is 43.7.